The highest BCUT2D eigenvalue weighted by Gasteiger charge is 2.10. The summed E-state index contributed by atoms with van der Waals surface area (Å²) < 4.78 is 35.6. The van der Waals surface area contributed by atoms with Gasteiger partial charge in [0.2, 0.25) is 0 Å². The maximum absolute atomic E-state index is 12.9. The molecular weight excluding hydrogens is 260 g/mol. The third-order valence-corrected chi connectivity index (χ3v) is 2.21. The maximum atomic E-state index is 12.9. The molecule has 100 valence electrons. The summed E-state index contributed by atoms with van der Waals surface area (Å²) in [6.07, 6.45) is 0. The molecule has 1 aromatic heterocycles. The lowest BCUT2D eigenvalue weighted by atomic mass is 10.2. The SMILES string of the molecule is O=C(O)c1cc(COCc2cc(F)cc(F)c2)on1. The van der Waals surface area contributed by atoms with Gasteiger partial charge in [-0.3, -0.25) is 0 Å². The Morgan fingerprint density at radius 1 is 1.21 bits per heavy atom. The highest BCUT2D eigenvalue weighted by molar-refractivity contribution is 5.85. The first kappa shape index (κ1) is 13.2. The zero-order valence-corrected chi connectivity index (χ0v) is 9.60. The molecule has 2 rings (SSSR count). The van der Waals surface area contributed by atoms with Crippen LogP contribution in [0.2, 0.25) is 0 Å². The third-order valence-electron chi connectivity index (χ3n) is 2.21. The van der Waals surface area contributed by atoms with Crippen LogP contribution in [0.1, 0.15) is 21.8 Å². The Morgan fingerprint density at radius 3 is 2.47 bits per heavy atom. The summed E-state index contributed by atoms with van der Waals surface area (Å²) in [4.78, 5) is 10.5. The van der Waals surface area contributed by atoms with Crippen LogP contribution in [0.3, 0.4) is 0 Å². The molecule has 19 heavy (non-hydrogen) atoms. The molecule has 0 aliphatic rings. The van der Waals surface area contributed by atoms with Crippen molar-refractivity contribution < 1.29 is 27.9 Å². The second-order valence-corrected chi connectivity index (χ2v) is 3.75. The van der Waals surface area contributed by atoms with Crippen molar-refractivity contribution in [2.24, 2.45) is 0 Å². The molecule has 1 heterocycles. The molecule has 0 atom stereocenters. The molecule has 0 radical (unpaired) electrons. The van der Waals surface area contributed by atoms with Crippen LogP contribution in [-0.2, 0) is 18.0 Å². The predicted octanol–water partition coefficient (Wildman–Crippen LogP) is 2.37. The van der Waals surface area contributed by atoms with Gasteiger partial charge in [0.15, 0.2) is 11.5 Å². The first-order valence-corrected chi connectivity index (χ1v) is 5.26. The van der Waals surface area contributed by atoms with Crippen molar-refractivity contribution in [1.82, 2.24) is 5.16 Å². The number of carboxylic acid groups (broad SMARTS) is 1. The van der Waals surface area contributed by atoms with Crippen LogP contribution in [-0.4, -0.2) is 16.2 Å². The second-order valence-electron chi connectivity index (χ2n) is 3.75. The van der Waals surface area contributed by atoms with Crippen LogP contribution in [0.5, 0.6) is 0 Å². The van der Waals surface area contributed by atoms with E-state index in [1.807, 2.05) is 0 Å². The Balaban J connectivity index is 1.90. The number of aromatic nitrogens is 1. The average Bonchev–Trinajstić information content (AvgIpc) is 2.76. The number of benzene rings is 1. The highest BCUT2D eigenvalue weighted by Crippen LogP contribution is 2.11. The van der Waals surface area contributed by atoms with E-state index in [4.69, 9.17) is 14.4 Å². The van der Waals surface area contributed by atoms with Crippen LogP contribution >= 0.6 is 0 Å². The lowest BCUT2D eigenvalue weighted by Crippen LogP contribution is -1.96. The monoisotopic (exact) mass is 269 g/mol. The summed E-state index contributed by atoms with van der Waals surface area (Å²) >= 11 is 0. The van der Waals surface area contributed by atoms with Crippen molar-refractivity contribution >= 4 is 5.97 Å². The summed E-state index contributed by atoms with van der Waals surface area (Å²) in [6, 6.07) is 4.27. The van der Waals surface area contributed by atoms with Crippen molar-refractivity contribution in [2.45, 2.75) is 13.2 Å². The predicted molar refractivity (Wildman–Crippen MR) is 58.3 cm³/mol. The summed E-state index contributed by atoms with van der Waals surface area (Å²) in [7, 11) is 0. The van der Waals surface area contributed by atoms with E-state index in [0.717, 1.165) is 18.2 Å². The van der Waals surface area contributed by atoms with Crippen LogP contribution in [0.4, 0.5) is 8.78 Å². The molecule has 1 aromatic carbocycles. The lowest BCUT2D eigenvalue weighted by Gasteiger charge is -2.02. The molecular formula is C12H9F2NO4. The minimum absolute atomic E-state index is 0.0300. The van der Waals surface area contributed by atoms with Gasteiger partial charge in [-0.1, -0.05) is 5.16 Å². The van der Waals surface area contributed by atoms with E-state index in [2.05, 4.69) is 5.16 Å². The fraction of sp³-hybridized carbons (Fsp3) is 0.167. The van der Waals surface area contributed by atoms with E-state index < -0.39 is 17.6 Å². The molecule has 0 aliphatic heterocycles. The van der Waals surface area contributed by atoms with E-state index in [1.165, 1.54) is 6.07 Å². The van der Waals surface area contributed by atoms with Crippen LogP contribution in [0, 0.1) is 11.6 Å². The van der Waals surface area contributed by atoms with Gasteiger partial charge in [0.1, 0.15) is 18.2 Å². The Kier molecular flexibility index (Phi) is 3.86. The summed E-state index contributed by atoms with van der Waals surface area (Å²) in [5.41, 5.74) is 0.103. The van der Waals surface area contributed by atoms with Gasteiger partial charge >= 0.3 is 5.97 Å². The number of carboxylic acids is 1. The average molecular weight is 269 g/mol. The number of nitrogens with zero attached hydrogens (tertiary/aromatic N) is 1. The molecule has 0 saturated heterocycles. The molecule has 0 amide bonds. The van der Waals surface area contributed by atoms with E-state index in [0.29, 0.717) is 5.56 Å². The quantitative estimate of drug-likeness (QED) is 0.902. The smallest absolute Gasteiger partial charge is 0.358 e. The van der Waals surface area contributed by atoms with Gasteiger partial charge in [-0.05, 0) is 17.7 Å². The largest absolute Gasteiger partial charge is 0.476 e. The van der Waals surface area contributed by atoms with Crippen LogP contribution in [0.15, 0.2) is 28.8 Å². The fourth-order valence-corrected chi connectivity index (χ4v) is 1.45. The molecule has 0 saturated carbocycles. The number of hydrogen-bond acceptors (Lipinski definition) is 4. The Hall–Kier alpha value is -2.28. The summed E-state index contributed by atoms with van der Waals surface area (Å²) in [6.45, 7) is -0.0732. The fourth-order valence-electron chi connectivity index (χ4n) is 1.45. The molecule has 0 unspecified atom stereocenters. The molecule has 0 fully saturated rings. The number of carbonyl (C=O) groups is 1. The molecule has 7 heteroatoms. The first-order chi connectivity index (χ1) is 9.04. The van der Waals surface area contributed by atoms with Crippen LogP contribution in [0.25, 0.3) is 0 Å². The van der Waals surface area contributed by atoms with Gasteiger partial charge in [0.05, 0.1) is 6.61 Å². The van der Waals surface area contributed by atoms with Crippen molar-refractivity contribution in [2.75, 3.05) is 0 Å². The van der Waals surface area contributed by atoms with Crippen LogP contribution < -0.4 is 0 Å². The summed E-state index contributed by atoms with van der Waals surface area (Å²) in [5, 5.41) is 11.9. The van der Waals surface area contributed by atoms with Crippen molar-refractivity contribution in [1.29, 1.82) is 0 Å². The minimum atomic E-state index is -1.21. The zero-order chi connectivity index (χ0) is 13.8. The van der Waals surface area contributed by atoms with E-state index >= 15 is 0 Å². The van der Waals surface area contributed by atoms with Gasteiger partial charge in [-0.25, -0.2) is 13.6 Å². The minimum Gasteiger partial charge on any atom is -0.476 e. The topological polar surface area (TPSA) is 72.6 Å². The zero-order valence-electron chi connectivity index (χ0n) is 9.60. The van der Waals surface area contributed by atoms with Gasteiger partial charge < -0.3 is 14.4 Å². The van der Waals surface area contributed by atoms with E-state index in [9.17, 15) is 13.6 Å². The van der Waals surface area contributed by atoms with Gasteiger partial charge in [-0.2, -0.15) is 0 Å². The summed E-state index contributed by atoms with van der Waals surface area (Å²) in [5.74, 6) is -2.37. The highest BCUT2D eigenvalue weighted by atomic mass is 19.1. The van der Waals surface area contributed by atoms with E-state index in [1.54, 1.807) is 0 Å². The second kappa shape index (κ2) is 5.57. The normalized spacial score (nSPS) is 10.6. The number of ether oxygens (including phenoxy) is 1. The molecule has 1 N–H and O–H groups in total. The van der Waals surface area contributed by atoms with Crippen molar-refractivity contribution in [3.8, 4) is 0 Å². The number of hydrogen-bond donors (Lipinski definition) is 1. The van der Waals surface area contributed by atoms with Crippen molar-refractivity contribution in [3.63, 3.8) is 0 Å². The van der Waals surface area contributed by atoms with Gasteiger partial charge in [0, 0.05) is 12.1 Å². The molecule has 0 bridgehead atoms. The molecule has 2 aromatic rings. The Labute approximate surface area is 106 Å². The number of aromatic carboxylic acids is 1. The first-order valence-electron chi connectivity index (χ1n) is 5.26. The molecule has 0 spiro atoms. The third kappa shape index (κ3) is 3.59. The van der Waals surface area contributed by atoms with Crippen molar-refractivity contribution in [3.05, 3.63) is 52.9 Å². The van der Waals surface area contributed by atoms with Gasteiger partial charge in [-0.15, -0.1) is 0 Å². The Morgan fingerprint density at radius 2 is 1.89 bits per heavy atom. The standard InChI is InChI=1S/C12H9F2NO4/c13-8-1-7(2-9(14)3-8)5-18-6-10-4-11(12(16)17)15-19-10/h1-4H,5-6H2,(H,16,17). The number of halogens is 2. The Bertz CT molecular complexity index is 577. The lowest BCUT2D eigenvalue weighted by molar-refractivity contribution is 0.0683. The number of rotatable bonds is 5. The van der Waals surface area contributed by atoms with Gasteiger partial charge in [0.25, 0.3) is 0 Å². The molecule has 5 nitrogen and oxygen atoms in total. The maximum Gasteiger partial charge on any atom is 0.358 e. The van der Waals surface area contributed by atoms with E-state index in [-0.39, 0.29) is 24.7 Å². The molecule has 0 aliphatic carbocycles.